The van der Waals surface area contributed by atoms with Crippen molar-refractivity contribution in [2.24, 2.45) is 0 Å². The van der Waals surface area contributed by atoms with E-state index in [1.807, 2.05) is 0 Å². The van der Waals surface area contributed by atoms with Gasteiger partial charge < -0.3 is 5.11 Å². The number of carbonyl (C=O) groups is 1. The van der Waals surface area contributed by atoms with Gasteiger partial charge in [0.1, 0.15) is 5.52 Å². The van der Waals surface area contributed by atoms with Crippen LogP contribution in [0.2, 0.25) is 0 Å². The number of fused-ring (bicyclic) bond motifs is 1. The maximum absolute atomic E-state index is 10.8. The molecule has 0 aromatic carbocycles. The SMILES string of the molecule is Cl.O=C(Cl)c1cnc2cccnc2c1O. The van der Waals surface area contributed by atoms with Crippen molar-refractivity contribution in [1.82, 2.24) is 9.97 Å². The van der Waals surface area contributed by atoms with Crippen LogP contribution in [0, 0.1) is 0 Å². The smallest absolute Gasteiger partial charge is 0.257 e. The quantitative estimate of drug-likeness (QED) is 0.781. The minimum Gasteiger partial charge on any atom is -0.505 e. The first-order valence-electron chi connectivity index (χ1n) is 3.82. The van der Waals surface area contributed by atoms with E-state index in [9.17, 15) is 9.90 Å². The molecule has 0 saturated carbocycles. The van der Waals surface area contributed by atoms with Crippen molar-refractivity contribution in [1.29, 1.82) is 0 Å². The van der Waals surface area contributed by atoms with E-state index in [2.05, 4.69) is 9.97 Å². The fraction of sp³-hybridized carbons (Fsp3) is 0. The highest BCUT2D eigenvalue weighted by Crippen LogP contribution is 2.25. The molecule has 0 aliphatic rings. The molecule has 2 heterocycles. The van der Waals surface area contributed by atoms with E-state index < -0.39 is 5.24 Å². The summed E-state index contributed by atoms with van der Waals surface area (Å²) >= 11 is 5.24. The van der Waals surface area contributed by atoms with Gasteiger partial charge >= 0.3 is 0 Å². The van der Waals surface area contributed by atoms with Crippen molar-refractivity contribution in [3.63, 3.8) is 0 Å². The molecule has 0 saturated heterocycles. The second-order valence-corrected chi connectivity index (χ2v) is 3.01. The normalized spacial score (nSPS) is 9.67. The Balaban J connectivity index is 0.00000112. The summed E-state index contributed by atoms with van der Waals surface area (Å²) in [5, 5.41) is 8.86. The van der Waals surface area contributed by atoms with Gasteiger partial charge in [0.2, 0.25) is 0 Å². The molecule has 15 heavy (non-hydrogen) atoms. The third-order valence-electron chi connectivity index (χ3n) is 1.81. The molecule has 6 heteroatoms. The van der Waals surface area contributed by atoms with E-state index in [0.29, 0.717) is 5.52 Å². The molecule has 0 aliphatic carbocycles. The Hall–Kier alpha value is -1.39. The molecule has 4 nitrogen and oxygen atoms in total. The lowest BCUT2D eigenvalue weighted by atomic mass is 10.2. The van der Waals surface area contributed by atoms with Gasteiger partial charge in [0.05, 0.1) is 11.1 Å². The Morgan fingerprint density at radius 2 is 2.13 bits per heavy atom. The van der Waals surface area contributed by atoms with Crippen LogP contribution in [-0.4, -0.2) is 20.3 Å². The van der Waals surface area contributed by atoms with Gasteiger partial charge in [-0.25, -0.2) is 0 Å². The molecular formula is C9H6Cl2N2O2. The van der Waals surface area contributed by atoms with Gasteiger partial charge in [0.15, 0.2) is 5.75 Å². The van der Waals surface area contributed by atoms with Gasteiger partial charge in [-0.05, 0) is 23.7 Å². The Kier molecular flexibility index (Phi) is 3.44. The van der Waals surface area contributed by atoms with Gasteiger partial charge in [-0.3, -0.25) is 14.8 Å². The molecule has 1 N–H and O–H groups in total. The van der Waals surface area contributed by atoms with Crippen LogP contribution in [0.1, 0.15) is 10.4 Å². The van der Waals surface area contributed by atoms with E-state index in [0.717, 1.165) is 0 Å². The van der Waals surface area contributed by atoms with Crippen LogP contribution in [0.15, 0.2) is 24.5 Å². The fourth-order valence-electron chi connectivity index (χ4n) is 1.15. The van der Waals surface area contributed by atoms with Crippen molar-refractivity contribution in [3.8, 4) is 5.75 Å². The maximum Gasteiger partial charge on any atom is 0.257 e. The number of pyridine rings is 2. The predicted octanol–water partition coefficient (Wildman–Crippen LogP) is 2.14. The lowest BCUT2D eigenvalue weighted by Crippen LogP contribution is -1.93. The van der Waals surface area contributed by atoms with Gasteiger partial charge in [-0.2, -0.15) is 0 Å². The molecule has 0 bridgehead atoms. The van der Waals surface area contributed by atoms with Crippen molar-refractivity contribution < 1.29 is 9.90 Å². The first kappa shape index (κ1) is 11.7. The minimum absolute atomic E-state index is 0. The zero-order chi connectivity index (χ0) is 10.1. The van der Waals surface area contributed by atoms with Gasteiger partial charge in [0.25, 0.3) is 5.24 Å². The summed E-state index contributed by atoms with van der Waals surface area (Å²) in [5.41, 5.74) is 0.767. The molecule has 0 radical (unpaired) electrons. The summed E-state index contributed by atoms with van der Waals surface area (Å²) in [6.07, 6.45) is 2.74. The van der Waals surface area contributed by atoms with Crippen LogP contribution in [0.3, 0.4) is 0 Å². The monoisotopic (exact) mass is 244 g/mol. The third kappa shape index (κ3) is 2.00. The number of hydrogen-bond donors (Lipinski definition) is 1. The first-order valence-corrected chi connectivity index (χ1v) is 4.20. The van der Waals surface area contributed by atoms with E-state index in [4.69, 9.17) is 11.6 Å². The van der Waals surface area contributed by atoms with Crippen LogP contribution >= 0.6 is 24.0 Å². The van der Waals surface area contributed by atoms with E-state index in [1.165, 1.54) is 12.4 Å². The lowest BCUT2D eigenvalue weighted by molar-refractivity contribution is 0.107. The summed E-state index contributed by atoms with van der Waals surface area (Å²) in [5.74, 6) is -0.226. The summed E-state index contributed by atoms with van der Waals surface area (Å²) in [7, 11) is 0. The summed E-state index contributed by atoms with van der Waals surface area (Å²) in [4.78, 5) is 18.7. The Morgan fingerprint density at radius 3 is 2.80 bits per heavy atom. The van der Waals surface area contributed by atoms with E-state index in [1.54, 1.807) is 12.1 Å². The van der Waals surface area contributed by atoms with Crippen molar-refractivity contribution >= 4 is 40.3 Å². The fourth-order valence-corrected chi connectivity index (χ4v) is 1.29. The highest BCUT2D eigenvalue weighted by Gasteiger charge is 2.12. The molecule has 0 amide bonds. The van der Waals surface area contributed by atoms with Crippen molar-refractivity contribution in [3.05, 3.63) is 30.1 Å². The molecule has 0 atom stereocenters. The minimum atomic E-state index is -0.748. The van der Waals surface area contributed by atoms with Crippen LogP contribution in [0.25, 0.3) is 11.0 Å². The third-order valence-corrected chi connectivity index (χ3v) is 2.01. The second kappa shape index (κ2) is 4.42. The molecule has 2 rings (SSSR count). The van der Waals surface area contributed by atoms with Crippen LogP contribution in [-0.2, 0) is 0 Å². The van der Waals surface area contributed by atoms with Gasteiger partial charge in [-0.1, -0.05) is 0 Å². The standard InChI is InChI=1S/C9H5ClN2O2.ClH/c10-9(14)5-4-12-6-2-1-3-11-7(6)8(5)13;/h1-4H,(H,12,13);1H. The Labute approximate surface area is 96.3 Å². The molecule has 2 aromatic rings. The predicted molar refractivity (Wildman–Crippen MR) is 58.6 cm³/mol. The molecular weight excluding hydrogens is 239 g/mol. The van der Waals surface area contributed by atoms with Crippen molar-refractivity contribution in [2.75, 3.05) is 0 Å². The highest BCUT2D eigenvalue weighted by molar-refractivity contribution is 6.68. The van der Waals surface area contributed by atoms with Gasteiger partial charge in [0, 0.05) is 12.4 Å². The number of rotatable bonds is 1. The highest BCUT2D eigenvalue weighted by atomic mass is 35.5. The van der Waals surface area contributed by atoms with Crippen molar-refractivity contribution in [2.45, 2.75) is 0 Å². The zero-order valence-corrected chi connectivity index (χ0v) is 8.92. The van der Waals surface area contributed by atoms with E-state index in [-0.39, 0.29) is 29.2 Å². The number of hydrogen-bond acceptors (Lipinski definition) is 4. The summed E-state index contributed by atoms with van der Waals surface area (Å²) in [6.45, 7) is 0. The Morgan fingerprint density at radius 1 is 1.40 bits per heavy atom. The van der Waals surface area contributed by atoms with Crippen LogP contribution in [0.4, 0.5) is 0 Å². The molecule has 0 spiro atoms. The topological polar surface area (TPSA) is 63.1 Å². The average molecular weight is 245 g/mol. The number of nitrogens with zero attached hydrogens (tertiary/aromatic N) is 2. The second-order valence-electron chi connectivity index (χ2n) is 2.67. The molecule has 0 unspecified atom stereocenters. The largest absolute Gasteiger partial charge is 0.505 e. The van der Waals surface area contributed by atoms with Crippen LogP contribution in [0.5, 0.6) is 5.75 Å². The maximum atomic E-state index is 10.8. The first-order chi connectivity index (χ1) is 6.70. The summed E-state index contributed by atoms with van der Waals surface area (Å²) < 4.78 is 0. The molecule has 78 valence electrons. The molecule has 0 aliphatic heterocycles. The zero-order valence-electron chi connectivity index (χ0n) is 7.35. The summed E-state index contributed by atoms with van der Waals surface area (Å²) in [6, 6.07) is 3.38. The van der Waals surface area contributed by atoms with Crippen LogP contribution < -0.4 is 0 Å². The Bertz CT molecular complexity index is 516. The number of aromatic nitrogens is 2. The molecule has 0 fully saturated rings. The van der Waals surface area contributed by atoms with E-state index >= 15 is 0 Å². The van der Waals surface area contributed by atoms with Gasteiger partial charge in [-0.15, -0.1) is 12.4 Å². The molecule has 2 aromatic heterocycles. The lowest BCUT2D eigenvalue weighted by Gasteiger charge is -2.01. The number of carbonyl (C=O) groups excluding carboxylic acids is 1. The number of aromatic hydroxyl groups is 1. The number of halogens is 2. The average Bonchev–Trinajstić information content (AvgIpc) is 2.18.